The second kappa shape index (κ2) is 5.61. The lowest BCUT2D eigenvalue weighted by Crippen LogP contribution is -2.23. The first-order chi connectivity index (χ1) is 8.65. The van der Waals surface area contributed by atoms with Gasteiger partial charge in [0, 0.05) is 12.1 Å². The van der Waals surface area contributed by atoms with E-state index in [1.54, 1.807) is 14.2 Å². The first-order valence-electron chi connectivity index (χ1n) is 6.64. The van der Waals surface area contributed by atoms with Gasteiger partial charge in [0.15, 0.2) is 0 Å². The first-order valence-corrected chi connectivity index (χ1v) is 6.64. The molecule has 0 aliphatic heterocycles. The van der Waals surface area contributed by atoms with E-state index < -0.39 is 0 Å². The minimum Gasteiger partial charge on any atom is -0.497 e. The number of ether oxygens (including phenoxy) is 2. The summed E-state index contributed by atoms with van der Waals surface area (Å²) in [7, 11) is 3.34. The molecule has 1 aromatic rings. The number of hydrogen-bond acceptors (Lipinski definition) is 3. The van der Waals surface area contributed by atoms with Crippen LogP contribution in [0.25, 0.3) is 0 Å². The minimum absolute atomic E-state index is 0.0755. The average Bonchev–Trinajstić information content (AvgIpc) is 2.83. The van der Waals surface area contributed by atoms with Crippen LogP contribution in [-0.4, -0.2) is 14.2 Å². The average molecular weight is 249 g/mol. The van der Waals surface area contributed by atoms with E-state index in [9.17, 15) is 0 Å². The zero-order valence-corrected chi connectivity index (χ0v) is 11.5. The molecule has 1 fully saturated rings. The molecular weight excluding hydrogens is 226 g/mol. The minimum atomic E-state index is 0.0755. The Morgan fingerprint density at radius 3 is 2.17 bits per heavy atom. The molecule has 3 heteroatoms. The van der Waals surface area contributed by atoms with Gasteiger partial charge in [0.05, 0.1) is 14.2 Å². The van der Waals surface area contributed by atoms with Crippen molar-refractivity contribution < 1.29 is 9.47 Å². The lowest BCUT2D eigenvalue weighted by Gasteiger charge is -2.24. The van der Waals surface area contributed by atoms with E-state index in [0.717, 1.165) is 17.1 Å². The fraction of sp³-hybridized carbons (Fsp3) is 0.600. The van der Waals surface area contributed by atoms with Crippen molar-refractivity contribution in [3.63, 3.8) is 0 Å². The van der Waals surface area contributed by atoms with Crippen LogP contribution in [0.4, 0.5) is 0 Å². The molecule has 3 atom stereocenters. The molecule has 1 aliphatic carbocycles. The molecule has 0 saturated heterocycles. The van der Waals surface area contributed by atoms with Gasteiger partial charge >= 0.3 is 0 Å². The van der Waals surface area contributed by atoms with E-state index in [4.69, 9.17) is 15.2 Å². The maximum Gasteiger partial charge on any atom is 0.122 e. The van der Waals surface area contributed by atoms with E-state index in [1.807, 2.05) is 18.2 Å². The van der Waals surface area contributed by atoms with Gasteiger partial charge < -0.3 is 15.2 Å². The summed E-state index contributed by atoms with van der Waals surface area (Å²) in [4.78, 5) is 0. The van der Waals surface area contributed by atoms with Crippen molar-refractivity contribution in [2.45, 2.75) is 32.2 Å². The monoisotopic (exact) mass is 249 g/mol. The molecule has 0 spiro atoms. The number of benzene rings is 1. The van der Waals surface area contributed by atoms with Crippen molar-refractivity contribution in [1.29, 1.82) is 0 Å². The molecule has 1 saturated carbocycles. The van der Waals surface area contributed by atoms with Crippen LogP contribution in [0.2, 0.25) is 0 Å². The number of methoxy groups -OCH3 is 2. The Labute approximate surface area is 109 Å². The predicted molar refractivity (Wildman–Crippen MR) is 73.0 cm³/mol. The number of hydrogen-bond donors (Lipinski definition) is 1. The molecule has 0 amide bonds. The molecule has 0 heterocycles. The second-order valence-corrected chi connectivity index (χ2v) is 5.24. The summed E-state index contributed by atoms with van der Waals surface area (Å²) in [5, 5.41) is 0. The Morgan fingerprint density at radius 2 is 1.72 bits per heavy atom. The highest BCUT2D eigenvalue weighted by Gasteiger charge is 2.30. The lowest BCUT2D eigenvalue weighted by molar-refractivity contribution is 0.346. The van der Waals surface area contributed by atoms with Crippen molar-refractivity contribution >= 4 is 0 Å². The maximum atomic E-state index is 6.43. The second-order valence-electron chi connectivity index (χ2n) is 5.24. The van der Waals surface area contributed by atoms with Crippen LogP contribution in [-0.2, 0) is 0 Å². The van der Waals surface area contributed by atoms with Gasteiger partial charge in [-0.1, -0.05) is 19.8 Å². The molecule has 2 N–H and O–H groups in total. The maximum absolute atomic E-state index is 6.43. The standard InChI is InChI=1S/C15H23NO2/c1-10-5-4-6-14(10)15(16)11-7-12(17-2)9-13(8-11)18-3/h7-10,14-15H,4-6,16H2,1-3H3. The smallest absolute Gasteiger partial charge is 0.122 e. The molecule has 100 valence electrons. The number of nitrogens with two attached hydrogens (primary N) is 1. The van der Waals surface area contributed by atoms with Crippen LogP contribution in [0.15, 0.2) is 18.2 Å². The molecule has 3 nitrogen and oxygen atoms in total. The van der Waals surface area contributed by atoms with Crippen LogP contribution < -0.4 is 15.2 Å². The van der Waals surface area contributed by atoms with Gasteiger partial charge in [-0.15, -0.1) is 0 Å². The van der Waals surface area contributed by atoms with Crippen molar-refractivity contribution in [3.8, 4) is 11.5 Å². The van der Waals surface area contributed by atoms with Crippen molar-refractivity contribution in [2.24, 2.45) is 17.6 Å². The Hall–Kier alpha value is -1.22. The van der Waals surface area contributed by atoms with E-state index in [1.165, 1.54) is 19.3 Å². The van der Waals surface area contributed by atoms with Crippen LogP contribution in [0.5, 0.6) is 11.5 Å². The molecule has 2 rings (SSSR count). The SMILES string of the molecule is COc1cc(OC)cc(C(N)C2CCCC2C)c1. The quantitative estimate of drug-likeness (QED) is 0.891. The molecule has 0 radical (unpaired) electrons. The van der Waals surface area contributed by atoms with Gasteiger partial charge in [0.2, 0.25) is 0 Å². The third-order valence-electron chi connectivity index (χ3n) is 4.15. The summed E-state index contributed by atoms with van der Waals surface area (Å²) in [6.45, 7) is 2.30. The van der Waals surface area contributed by atoms with E-state index in [0.29, 0.717) is 11.8 Å². The van der Waals surface area contributed by atoms with Crippen molar-refractivity contribution in [2.75, 3.05) is 14.2 Å². The Balaban J connectivity index is 2.25. The Bertz CT molecular complexity index is 383. The van der Waals surface area contributed by atoms with Gasteiger partial charge in [0.1, 0.15) is 11.5 Å². The highest BCUT2D eigenvalue weighted by Crippen LogP contribution is 2.40. The third-order valence-corrected chi connectivity index (χ3v) is 4.15. The van der Waals surface area contributed by atoms with Gasteiger partial charge in [0.25, 0.3) is 0 Å². The van der Waals surface area contributed by atoms with Crippen LogP contribution in [0.3, 0.4) is 0 Å². The summed E-state index contributed by atoms with van der Waals surface area (Å²) in [5.41, 5.74) is 7.54. The first kappa shape index (κ1) is 13.2. The van der Waals surface area contributed by atoms with Crippen LogP contribution >= 0.6 is 0 Å². The summed E-state index contributed by atoms with van der Waals surface area (Å²) in [6.07, 6.45) is 3.81. The summed E-state index contributed by atoms with van der Waals surface area (Å²) in [6, 6.07) is 6.01. The molecule has 3 unspecified atom stereocenters. The normalized spacial score (nSPS) is 24.9. The van der Waals surface area contributed by atoms with E-state index in [-0.39, 0.29) is 6.04 Å². The fourth-order valence-electron chi connectivity index (χ4n) is 2.98. The third kappa shape index (κ3) is 2.61. The fourth-order valence-corrected chi connectivity index (χ4v) is 2.98. The zero-order chi connectivity index (χ0) is 13.1. The molecule has 0 bridgehead atoms. The molecule has 1 aliphatic rings. The van der Waals surface area contributed by atoms with Crippen molar-refractivity contribution in [1.82, 2.24) is 0 Å². The van der Waals surface area contributed by atoms with E-state index in [2.05, 4.69) is 6.92 Å². The van der Waals surface area contributed by atoms with Gasteiger partial charge in [-0.05, 0) is 36.0 Å². The molecule has 1 aromatic carbocycles. The van der Waals surface area contributed by atoms with E-state index >= 15 is 0 Å². The largest absolute Gasteiger partial charge is 0.497 e. The lowest BCUT2D eigenvalue weighted by atomic mass is 9.86. The Morgan fingerprint density at radius 1 is 1.11 bits per heavy atom. The highest BCUT2D eigenvalue weighted by atomic mass is 16.5. The summed E-state index contributed by atoms with van der Waals surface area (Å²) in [5.74, 6) is 2.90. The summed E-state index contributed by atoms with van der Waals surface area (Å²) < 4.78 is 10.6. The molecule has 0 aromatic heterocycles. The molecule has 18 heavy (non-hydrogen) atoms. The Kier molecular flexibility index (Phi) is 4.12. The van der Waals surface area contributed by atoms with Crippen molar-refractivity contribution in [3.05, 3.63) is 23.8 Å². The predicted octanol–water partition coefficient (Wildman–Crippen LogP) is 3.14. The summed E-state index contributed by atoms with van der Waals surface area (Å²) >= 11 is 0. The zero-order valence-electron chi connectivity index (χ0n) is 11.5. The molecular formula is C15H23NO2. The van der Waals surface area contributed by atoms with Crippen LogP contribution in [0, 0.1) is 11.8 Å². The van der Waals surface area contributed by atoms with Gasteiger partial charge in [-0.25, -0.2) is 0 Å². The topological polar surface area (TPSA) is 44.5 Å². The van der Waals surface area contributed by atoms with Gasteiger partial charge in [-0.2, -0.15) is 0 Å². The van der Waals surface area contributed by atoms with Gasteiger partial charge in [-0.3, -0.25) is 0 Å². The number of rotatable bonds is 4. The highest BCUT2D eigenvalue weighted by molar-refractivity contribution is 5.40. The van der Waals surface area contributed by atoms with Crippen LogP contribution in [0.1, 0.15) is 37.8 Å².